The summed E-state index contributed by atoms with van der Waals surface area (Å²) in [5, 5.41) is 1.28. The third kappa shape index (κ3) is 8.89. The summed E-state index contributed by atoms with van der Waals surface area (Å²) in [6.07, 6.45) is 0. The number of anilines is 3. The predicted molar refractivity (Wildman–Crippen MR) is 358 cm³/mol. The number of hydrogen-bond donors (Lipinski definition) is 0. The molecule has 0 aliphatic rings. The van der Waals surface area contributed by atoms with E-state index < -0.39 is 0 Å². The minimum atomic E-state index is -0.0721. The molecular formula is C50H9B26N. The topological polar surface area (TPSA) is 3.24 Å². The Labute approximate surface area is 485 Å². The fourth-order valence-corrected chi connectivity index (χ4v) is 10.1. The van der Waals surface area contributed by atoms with Crippen LogP contribution >= 0.6 is 0 Å². The number of nitrogens with zero attached hydrogens (tertiary/aromatic N) is 1. The summed E-state index contributed by atoms with van der Waals surface area (Å²) in [5.74, 6) is 0. The molecule has 9 rings (SSSR count). The molecule has 0 bridgehead atoms. The van der Waals surface area contributed by atoms with Crippen molar-refractivity contribution < 1.29 is 0 Å². The zero-order valence-electron chi connectivity index (χ0n) is 41.2. The summed E-state index contributed by atoms with van der Waals surface area (Å²) in [7, 11) is 173. The first-order valence-corrected chi connectivity index (χ1v) is 22.9. The molecule has 0 unspecified atom stereocenters. The maximum absolute atomic E-state index is 7.50. The molecule has 0 amide bonds. The normalized spacial score (nSPS) is 11.4. The molecule has 0 fully saturated rings. The van der Waals surface area contributed by atoms with Gasteiger partial charge in [0.25, 0.3) is 0 Å². The fourth-order valence-electron chi connectivity index (χ4n) is 10.1. The van der Waals surface area contributed by atoms with Crippen LogP contribution in [0, 0.1) is 0 Å². The SMILES string of the molecule is [B]c1cc(-c2c([B])cc(N(c3cc([B])c(-c4c([B])c([B])c([B])c5c([B])c([B])c([B])cc45)c([B])c3)c3c([B])cc(-c4c([B])c([B])c([B])c5c([B])c([B])c([B])cc45)cc3[B])c([B])c2-c2cc([B])c([B])c([B])c2[B])c([B])c([B])c1[B]. The van der Waals surface area contributed by atoms with Crippen molar-refractivity contribution in [1.29, 1.82) is 0 Å². The lowest BCUT2D eigenvalue weighted by Crippen LogP contribution is -2.49. The lowest BCUT2D eigenvalue weighted by Gasteiger charge is -2.35. The van der Waals surface area contributed by atoms with Crippen molar-refractivity contribution in [2.24, 2.45) is 0 Å². The van der Waals surface area contributed by atoms with E-state index in [0.29, 0.717) is 27.3 Å². The van der Waals surface area contributed by atoms with Gasteiger partial charge in [0.05, 0.1) is 0 Å². The molecule has 0 saturated carbocycles. The first-order chi connectivity index (χ1) is 36.0. The molecule has 0 spiro atoms. The summed E-state index contributed by atoms with van der Waals surface area (Å²) in [5.41, 5.74) is 2.69. The Bertz CT molecular complexity index is 4070. The van der Waals surface area contributed by atoms with Crippen molar-refractivity contribution in [2.75, 3.05) is 4.90 Å². The van der Waals surface area contributed by atoms with Crippen molar-refractivity contribution in [3.05, 3.63) is 54.6 Å². The molecule has 0 aliphatic carbocycles. The molecule has 9 aromatic rings. The lowest BCUT2D eigenvalue weighted by molar-refractivity contribution is 1.33. The van der Waals surface area contributed by atoms with Crippen molar-refractivity contribution in [2.45, 2.75) is 0 Å². The molecule has 52 radical (unpaired) electrons. The summed E-state index contributed by atoms with van der Waals surface area (Å²) in [6.45, 7) is 0. The quantitative estimate of drug-likeness (QED) is 0.144. The van der Waals surface area contributed by atoms with E-state index in [4.69, 9.17) is 204 Å². The van der Waals surface area contributed by atoms with Gasteiger partial charge in [-0.15, -0.1) is 65.6 Å². The van der Waals surface area contributed by atoms with E-state index >= 15 is 0 Å². The molecule has 77 heavy (non-hydrogen) atoms. The first-order valence-electron chi connectivity index (χ1n) is 22.9. The summed E-state index contributed by atoms with van der Waals surface area (Å²) < 4.78 is 0. The van der Waals surface area contributed by atoms with Crippen LogP contribution in [0.2, 0.25) is 0 Å². The Kier molecular flexibility index (Phi) is 15.2. The summed E-state index contributed by atoms with van der Waals surface area (Å²) in [4.78, 5) is 1.55. The van der Waals surface area contributed by atoms with Crippen LogP contribution in [0.3, 0.4) is 0 Å². The Morgan fingerprint density at radius 2 is 0.571 bits per heavy atom. The van der Waals surface area contributed by atoms with Gasteiger partial charge in [0.1, 0.15) is 204 Å². The van der Waals surface area contributed by atoms with Crippen LogP contribution in [0.5, 0.6) is 0 Å². The van der Waals surface area contributed by atoms with Gasteiger partial charge in [-0.3, -0.25) is 0 Å². The third-order valence-corrected chi connectivity index (χ3v) is 14.1. The molecule has 0 aliphatic heterocycles. The van der Waals surface area contributed by atoms with Gasteiger partial charge >= 0.3 is 0 Å². The molecule has 1 nitrogen and oxygen atoms in total. The van der Waals surface area contributed by atoms with Crippen LogP contribution in [0.15, 0.2) is 54.6 Å². The number of rotatable bonds is 7. The van der Waals surface area contributed by atoms with E-state index in [1.54, 1.807) is 35.2 Å². The van der Waals surface area contributed by atoms with Crippen molar-refractivity contribution in [1.82, 2.24) is 0 Å². The molecular weight excluding hydrogens is 896 g/mol. The van der Waals surface area contributed by atoms with Crippen molar-refractivity contribution in [3.8, 4) is 44.5 Å². The molecule has 9 aromatic carbocycles. The monoisotopic (exact) mass is 909 g/mol. The highest BCUT2D eigenvalue weighted by molar-refractivity contribution is 6.71. The van der Waals surface area contributed by atoms with Crippen LogP contribution in [-0.4, -0.2) is 204 Å². The van der Waals surface area contributed by atoms with E-state index in [1.807, 2.05) is 0 Å². The van der Waals surface area contributed by atoms with E-state index in [2.05, 4.69) is 0 Å². The molecule has 0 atom stereocenters. The third-order valence-electron chi connectivity index (χ3n) is 14.1. The number of benzene rings is 9. The largest absolute Gasteiger partial charge is 0.312 e. The lowest BCUT2D eigenvalue weighted by atomic mass is 9.61. The smallest absolute Gasteiger partial charge is 0.117 e. The highest BCUT2D eigenvalue weighted by Gasteiger charge is 2.28. The van der Waals surface area contributed by atoms with Gasteiger partial charge in [-0.25, -0.2) is 0 Å². The summed E-state index contributed by atoms with van der Waals surface area (Å²) in [6, 6.07) is 13.8. The van der Waals surface area contributed by atoms with Gasteiger partial charge in [0.2, 0.25) is 0 Å². The standard InChI is InChI=1S/C50H9B26N/c51-16-3-11(4-17(52)32(16)28-13-6-20(55)36(63)43(70)31(13)45(72)49(76)41(28)68)77(50-23(58)1-10(2-24(50)59)26-12-5-19(54)35(62)42(69)30(12)44(71)48(75)40(26)67)25-9-18(53)27(14-7-21(56)37(64)46(73)33(14)60)29(39(25)66)15-8-22(57)38(65)47(74)34(15)61/h1-9H. The average molecular weight is 905 g/mol. The molecule has 27 heteroatoms. The molecule has 0 saturated heterocycles. The van der Waals surface area contributed by atoms with E-state index in [1.165, 1.54) is 24.3 Å². The van der Waals surface area contributed by atoms with Gasteiger partial charge < -0.3 is 4.90 Å². The van der Waals surface area contributed by atoms with Gasteiger partial charge in [-0.1, -0.05) is 113 Å². The predicted octanol–water partition coefficient (Wildman–Crippen LogP) is -17.2. The minimum absolute atomic E-state index is 0.000445. The number of hydrogen-bond acceptors (Lipinski definition) is 1. The number of fused-ring (bicyclic) bond motifs is 2. The Morgan fingerprint density at radius 1 is 0.221 bits per heavy atom. The van der Waals surface area contributed by atoms with E-state index in [-0.39, 0.29) is 198 Å². The molecule has 0 N–H and O–H groups in total. The average Bonchev–Trinajstić information content (AvgIpc) is 3.39. The van der Waals surface area contributed by atoms with Crippen LogP contribution in [-0.2, 0) is 0 Å². The van der Waals surface area contributed by atoms with Crippen molar-refractivity contribution >= 4 is 385 Å². The van der Waals surface area contributed by atoms with Gasteiger partial charge in [0, 0.05) is 17.1 Å². The summed E-state index contributed by atoms with van der Waals surface area (Å²) >= 11 is 0. The second kappa shape index (κ2) is 20.6. The molecule has 0 aromatic heterocycles. The minimum Gasteiger partial charge on any atom is -0.312 e. The fraction of sp³-hybridized carbons (Fsp3) is 0. The van der Waals surface area contributed by atoms with Crippen molar-refractivity contribution in [3.63, 3.8) is 0 Å². The maximum Gasteiger partial charge on any atom is 0.117 e. The van der Waals surface area contributed by atoms with Crippen LogP contribution in [0.1, 0.15) is 0 Å². The van der Waals surface area contributed by atoms with E-state index in [0.717, 1.165) is 0 Å². The van der Waals surface area contributed by atoms with Gasteiger partial charge in [-0.05, 0) is 84.3 Å². The zero-order chi connectivity index (χ0) is 56.6. The van der Waals surface area contributed by atoms with Crippen LogP contribution in [0.4, 0.5) is 17.1 Å². The second-order valence-corrected chi connectivity index (χ2v) is 18.7. The molecule has 292 valence electrons. The van der Waals surface area contributed by atoms with Crippen LogP contribution in [0.25, 0.3) is 66.1 Å². The van der Waals surface area contributed by atoms with Gasteiger partial charge in [0.15, 0.2) is 0 Å². The molecule has 0 heterocycles. The highest BCUT2D eigenvalue weighted by Crippen LogP contribution is 2.37. The Balaban J connectivity index is 1.42. The Hall–Kier alpha value is -5.01. The van der Waals surface area contributed by atoms with E-state index in [9.17, 15) is 0 Å². The maximum atomic E-state index is 7.50. The first kappa shape index (κ1) is 56.7. The van der Waals surface area contributed by atoms with Gasteiger partial charge in [-0.2, -0.15) is 0 Å². The zero-order valence-corrected chi connectivity index (χ0v) is 41.2. The Morgan fingerprint density at radius 3 is 1.03 bits per heavy atom. The second-order valence-electron chi connectivity index (χ2n) is 18.7. The van der Waals surface area contributed by atoms with Crippen LogP contribution < -0.4 is 147 Å². The highest BCUT2D eigenvalue weighted by atomic mass is 15.1.